The monoisotopic (exact) mass is 348 g/mol. The highest BCUT2D eigenvalue weighted by atomic mass is 79.9. The first-order valence-electron chi connectivity index (χ1n) is 5.92. The quantitative estimate of drug-likeness (QED) is 0.532. The second kappa shape index (κ2) is 4.96. The first-order valence-corrected chi connectivity index (χ1v) is 7.10. The molecule has 3 nitrogen and oxygen atoms in total. The largest absolute Gasteiger partial charge is 0.398 e. The van der Waals surface area contributed by atoms with Gasteiger partial charge in [0.05, 0.1) is 0 Å². The van der Waals surface area contributed by atoms with Crippen molar-refractivity contribution in [3.05, 3.63) is 63.2 Å². The molecule has 3 N–H and O–H groups in total. The van der Waals surface area contributed by atoms with E-state index in [4.69, 9.17) is 17.3 Å². The van der Waals surface area contributed by atoms with Gasteiger partial charge in [-0.3, -0.25) is 4.79 Å². The number of aromatic nitrogens is 1. The van der Waals surface area contributed by atoms with E-state index in [2.05, 4.69) is 20.9 Å². The van der Waals surface area contributed by atoms with Crippen molar-refractivity contribution >= 4 is 49.9 Å². The summed E-state index contributed by atoms with van der Waals surface area (Å²) >= 11 is 9.25. The molecule has 0 atom stereocenters. The zero-order valence-electron chi connectivity index (χ0n) is 10.3. The van der Waals surface area contributed by atoms with E-state index in [0.29, 0.717) is 21.8 Å². The van der Waals surface area contributed by atoms with Crippen LogP contribution in [-0.4, -0.2) is 10.8 Å². The molecule has 0 aliphatic carbocycles. The average molecular weight is 350 g/mol. The van der Waals surface area contributed by atoms with Gasteiger partial charge in [-0.25, -0.2) is 0 Å². The van der Waals surface area contributed by atoms with Crippen LogP contribution in [-0.2, 0) is 0 Å². The summed E-state index contributed by atoms with van der Waals surface area (Å²) < 4.78 is 0.778. The third-order valence-electron chi connectivity index (χ3n) is 3.15. The minimum Gasteiger partial charge on any atom is -0.398 e. The molecule has 0 saturated heterocycles. The number of nitrogens with two attached hydrogens (primary N) is 1. The van der Waals surface area contributed by atoms with Crippen LogP contribution in [0.5, 0.6) is 0 Å². The lowest BCUT2D eigenvalue weighted by Gasteiger charge is -2.03. The molecule has 2 aromatic carbocycles. The molecule has 0 aliphatic heterocycles. The van der Waals surface area contributed by atoms with Crippen LogP contribution in [0, 0.1) is 0 Å². The molecule has 5 heteroatoms. The molecule has 20 heavy (non-hydrogen) atoms. The van der Waals surface area contributed by atoms with Crippen molar-refractivity contribution < 1.29 is 4.79 Å². The molecule has 0 radical (unpaired) electrons. The van der Waals surface area contributed by atoms with Crippen LogP contribution in [0.15, 0.2) is 47.1 Å². The highest BCUT2D eigenvalue weighted by molar-refractivity contribution is 9.10. The Labute approximate surface area is 128 Å². The van der Waals surface area contributed by atoms with Gasteiger partial charge in [0.15, 0.2) is 5.78 Å². The minimum atomic E-state index is -0.0715. The van der Waals surface area contributed by atoms with Crippen LogP contribution >= 0.6 is 27.5 Å². The lowest BCUT2D eigenvalue weighted by Crippen LogP contribution is -2.01. The summed E-state index contributed by atoms with van der Waals surface area (Å²) in [6.45, 7) is 0. The summed E-state index contributed by atoms with van der Waals surface area (Å²) in [5.74, 6) is -0.0715. The molecule has 0 spiro atoms. The molecule has 0 unspecified atom stereocenters. The summed E-state index contributed by atoms with van der Waals surface area (Å²) in [4.78, 5) is 15.6. The van der Waals surface area contributed by atoms with Crippen molar-refractivity contribution in [2.24, 2.45) is 0 Å². The van der Waals surface area contributed by atoms with Crippen LogP contribution in [0.4, 0.5) is 5.69 Å². The van der Waals surface area contributed by atoms with Crippen LogP contribution in [0.25, 0.3) is 10.9 Å². The Morgan fingerprint density at radius 1 is 1.20 bits per heavy atom. The first kappa shape index (κ1) is 13.2. The number of nitrogens with one attached hydrogen (secondary N) is 1. The number of nitrogen functional groups attached to an aromatic ring is 1. The fraction of sp³-hybridized carbons (Fsp3) is 0. The topological polar surface area (TPSA) is 58.9 Å². The van der Waals surface area contributed by atoms with Gasteiger partial charge in [-0.1, -0.05) is 17.7 Å². The van der Waals surface area contributed by atoms with Gasteiger partial charge in [-0.15, -0.1) is 0 Å². The van der Waals surface area contributed by atoms with Gasteiger partial charge in [0.1, 0.15) is 0 Å². The van der Waals surface area contributed by atoms with Crippen molar-refractivity contribution in [2.45, 2.75) is 0 Å². The fourth-order valence-corrected chi connectivity index (χ4v) is 2.55. The van der Waals surface area contributed by atoms with Gasteiger partial charge < -0.3 is 10.7 Å². The number of carbonyl (C=O) groups excluding carboxylic acids is 1. The molecule has 0 saturated carbocycles. The number of rotatable bonds is 2. The van der Waals surface area contributed by atoms with Gasteiger partial charge >= 0.3 is 0 Å². The molecule has 1 heterocycles. The molecule has 0 amide bonds. The highest BCUT2D eigenvalue weighted by Crippen LogP contribution is 2.26. The summed E-state index contributed by atoms with van der Waals surface area (Å²) in [5, 5.41) is 1.48. The van der Waals surface area contributed by atoms with E-state index in [1.165, 1.54) is 0 Å². The number of aromatic amines is 1. The molecular formula is C15H10BrClN2O. The zero-order valence-corrected chi connectivity index (χ0v) is 12.6. The highest BCUT2D eigenvalue weighted by Gasteiger charge is 2.15. The van der Waals surface area contributed by atoms with Crippen LogP contribution in [0.1, 0.15) is 15.9 Å². The number of H-pyrrole nitrogens is 1. The van der Waals surface area contributed by atoms with Crippen LogP contribution in [0.3, 0.4) is 0 Å². The van der Waals surface area contributed by atoms with Crippen molar-refractivity contribution in [1.29, 1.82) is 0 Å². The molecular weight excluding hydrogens is 340 g/mol. The van der Waals surface area contributed by atoms with Gasteiger partial charge in [-0.05, 0) is 46.3 Å². The second-order valence-corrected chi connectivity index (χ2v) is 5.75. The Hall–Kier alpha value is -1.78. The zero-order chi connectivity index (χ0) is 14.3. The minimum absolute atomic E-state index is 0.0715. The fourth-order valence-electron chi connectivity index (χ4n) is 2.13. The number of benzene rings is 2. The number of halogens is 2. The maximum atomic E-state index is 12.5. The summed E-state index contributed by atoms with van der Waals surface area (Å²) in [5.41, 5.74) is 8.37. The van der Waals surface area contributed by atoms with Gasteiger partial charge in [-0.2, -0.15) is 0 Å². The van der Waals surface area contributed by atoms with E-state index in [1.54, 1.807) is 36.5 Å². The van der Waals surface area contributed by atoms with E-state index in [1.807, 2.05) is 6.07 Å². The number of fused-ring (bicyclic) bond motifs is 1. The Morgan fingerprint density at radius 2 is 2.00 bits per heavy atom. The predicted molar refractivity (Wildman–Crippen MR) is 85.3 cm³/mol. The van der Waals surface area contributed by atoms with Crippen molar-refractivity contribution in [2.75, 3.05) is 5.73 Å². The smallest absolute Gasteiger partial charge is 0.195 e. The van der Waals surface area contributed by atoms with Gasteiger partial charge in [0, 0.05) is 43.4 Å². The maximum absolute atomic E-state index is 12.5. The van der Waals surface area contributed by atoms with E-state index < -0.39 is 0 Å². The SMILES string of the molecule is Nc1cc(C(=O)c2c[nH]c3cc(Cl)ccc23)ccc1Br. The number of hydrogen-bond acceptors (Lipinski definition) is 2. The van der Waals surface area contributed by atoms with E-state index in [0.717, 1.165) is 15.4 Å². The number of anilines is 1. The van der Waals surface area contributed by atoms with Crippen LogP contribution in [0.2, 0.25) is 5.02 Å². The van der Waals surface area contributed by atoms with Crippen LogP contribution < -0.4 is 5.73 Å². The molecule has 0 bridgehead atoms. The Morgan fingerprint density at radius 3 is 2.75 bits per heavy atom. The molecule has 100 valence electrons. The average Bonchev–Trinajstić information content (AvgIpc) is 2.84. The van der Waals surface area contributed by atoms with Gasteiger partial charge in [0.2, 0.25) is 0 Å². The molecule has 0 fully saturated rings. The standard InChI is InChI=1S/C15H10BrClN2O/c16-12-4-1-8(5-13(12)18)15(20)11-7-19-14-6-9(17)2-3-10(11)14/h1-7,19H,18H2. The Bertz CT molecular complexity index is 826. The molecule has 3 aromatic rings. The number of carbonyl (C=O) groups is 1. The third kappa shape index (κ3) is 2.21. The Balaban J connectivity index is 2.10. The van der Waals surface area contributed by atoms with Gasteiger partial charge in [0.25, 0.3) is 0 Å². The lowest BCUT2D eigenvalue weighted by molar-refractivity contribution is 0.104. The van der Waals surface area contributed by atoms with Crippen molar-refractivity contribution in [1.82, 2.24) is 4.98 Å². The number of hydrogen-bond donors (Lipinski definition) is 2. The summed E-state index contributed by atoms with van der Waals surface area (Å²) in [7, 11) is 0. The molecule has 0 aliphatic rings. The van der Waals surface area contributed by atoms with Crippen molar-refractivity contribution in [3.63, 3.8) is 0 Å². The Kier molecular flexibility index (Phi) is 3.28. The second-order valence-electron chi connectivity index (χ2n) is 4.46. The van der Waals surface area contributed by atoms with E-state index in [-0.39, 0.29) is 5.78 Å². The predicted octanol–water partition coefficient (Wildman–Crippen LogP) is 4.40. The summed E-state index contributed by atoms with van der Waals surface area (Å²) in [6.07, 6.45) is 1.70. The third-order valence-corrected chi connectivity index (χ3v) is 4.10. The lowest BCUT2D eigenvalue weighted by atomic mass is 10.0. The number of ketones is 1. The first-order chi connectivity index (χ1) is 9.56. The normalized spacial score (nSPS) is 10.9. The van der Waals surface area contributed by atoms with E-state index >= 15 is 0 Å². The van der Waals surface area contributed by atoms with Crippen molar-refractivity contribution in [3.8, 4) is 0 Å². The maximum Gasteiger partial charge on any atom is 0.195 e. The molecule has 3 rings (SSSR count). The van der Waals surface area contributed by atoms with E-state index in [9.17, 15) is 4.79 Å². The molecule has 1 aromatic heterocycles. The summed E-state index contributed by atoms with van der Waals surface area (Å²) in [6, 6.07) is 10.6.